The zero-order chi connectivity index (χ0) is 20.5. The zero-order valence-electron chi connectivity index (χ0n) is 15.9. The van der Waals surface area contributed by atoms with E-state index in [4.69, 9.17) is 25.8 Å². The summed E-state index contributed by atoms with van der Waals surface area (Å²) in [6.45, 7) is 1.03. The van der Waals surface area contributed by atoms with Crippen LogP contribution >= 0.6 is 11.6 Å². The normalized spacial score (nSPS) is 10.6. The molecule has 6 nitrogen and oxygen atoms in total. The van der Waals surface area contributed by atoms with E-state index in [0.717, 1.165) is 5.56 Å². The number of nitrogens with one attached hydrogen (secondary N) is 1. The van der Waals surface area contributed by atoms with Crippen molar-refractivity contribution in [3.63, 3.8) is 0 Å². The van der Waals surface area contributed by atoms with E-state index in [1.807, 2.05) is 12.1 Å². The van der Waals surface area contributed by atoms with Crippen molar-refractivity contribution in [2.45, 2.75) is 0 Å². The molecule has 1 heterocycles. The molecule has 0 aliphatic carbocycles. The van der Waals surface area contributed by atoms with Crippen LogP contribution in [0.4, 0.5) is 5.69 Å². The van der Waals surface area contributed by atoms with Gasteiger partial charge in [0.15, 0.2) is 6.79 Å². The van der Waals surface area contributed by atoms with Gasteiger partial charge in [-0.2, -0.15) is 0 Å². The molecule has 1 amide bonds. The summed E-state index contributed by atoms with van der Waals surface area (Å²) in [5.74, 6) is 0.293. The van der Waals surface area contributed by atoms with E-state index in [9.17, 15) is 4.79 Å². The number of hydrogen-bond donors (Lipinski definition) is 1. The van der Waals surface area contributed by atoms with E-state index in [0.29, 0.717) is 40.9 Å². The zero-order valence-corrected chi connectivity index (χ0v) is 16.6. The van der Waals surface area contributed by atoms with Crippen LogP contribution in [0.3, 0.4) is 0 Å². The highest BCUT2D eigenvalue weighted by atomic mass is 35.5. The summed E-state index contributed by atoms with van der Waals surface area (Å²) in [6.07, 6.45) is 1.58. The van der Waals surface area contributed by atoms with Gasteiger partial charge >= 0.3 is 0 Å². The number of pyridine rings is 1. The molecule has 0 fully saturated rings. The van der Waals surface area contributed by atoms with Gasteiger partial charge in [0.2, 0.25) is 0 Å². The molecule has 0 unspecified atom stereocenters. The van der Waals surface area contributed by atoms with Crippen molar-refractivity contribution in [1.29, 1.82) is 0 Å². The second-order valence-corrected chi connectivity index (χ2v) is 6.38. The van der Waals surface area contributed by atoms with E-state index in [1.54, 1.807) is 55.8 Å². The van der Waals surface area contributed by atoms with Crippen LogP contribution in [0.5, 0.6) is 5.75 Å². The summed E-state index contributed by atoms with van der Waals surface area (Å²) >= 11 is 6.35. The van der Waals surface area contributed by atoms with Crippen LogP contribution < -0.4 is 10.1 Å². The highest BCUT2D eigenvalue weighted by molar-refractivity contribution is 6.33. The van der Waals surface area contributed by atoms with Gasteiger partial charge in [0.05, 0.1) is 30.1 Å². The lowest BCUT2D eigenvalue weighted by molar-refractivity contribution is -0.00860. The Morgan fingerprint density at radius 2 is 2.00 bits per heavy atom. The van der Waals surface area contributed by atoms with E-state index in [2.05, 4.69) is 16.4 Å². The molecule has 7 heteroatoms. The molecule has 0 saturated heterocycles. The highest BCUT2D eigenvalue weighted by Gasteiger charge is 2.10. The van der Waals surface area contributed by atoms with E-state index >= 15 is 0 Å². The lowest BCUT2D eigenvalue weighted by Gasteiger charge is -2.10. The SMILES string of the molecule is COCCOCOc1cnc(-c2ccc(C(=O)Nc3[c]cccc3)cc2)c(Cl)c1. The average Bonchev–Trinajstić information content (AvgIpc) is 2.74. The lowest BCUT2D eigenvalue weighted by Crippen LogP contribution is -2.11. The van der Waals surface area contributed by atoms with Gasteiger partial charge in [0, 0.05) is 36.1 Å². The van der Waals surface area contributed by atoms with E-state index in [1.165, 1.54) is 0 Å². The second-order valence-electron chi connectivity index (χ2n) is 5.97. The Kier molecular flexibility index (Phi) is 7.58. The van der Waals surface area contributed by atoms with Gasteiger partial charge in [-0.3, -0.25) is 9.78 Å². The fourth-order valence-corrected chi connectivity index (χ4v) is 2.73. The predicted octanol–water partition coefficient (Wildman–Crippen LogP) is 4.45. The monoisotopic (exact) mass is 411 g/mol. The van der Waals surface area contributed by atoms with Crippen LogP contribution in [0.25, 0.3) is 11.3 Å². The molecule has 3 aromatic rings. The highest BCUT2D eigenvalue weighted by Crippen LogP contribution is 2.29. The van der Waals surface area contributed by atoms with Crippen LogP contribution in [-0.4, -0.2) is 38.0 Å². The van der Waals surface area contributed by atoms with Crippen molar-refractivity contribution in [2.24, 2.45) is 0 Å². The maximum atomic E-state index is 12.3. The lowest BCUT2D eigenvalue weighted by atomic mass is 10.1. The number of rotatable bonds is 9. The first-order valence-corrected chi connectivity index (χ1v) is 9.28. The van der Waals surface area contributed by atoms with Gasteiger partial charge in [-0.15, -0.1) is 0 Å². The van der Waals surface area contributed by atoms with Crippen LogP contribution in [-0.2, 0) is 9.47 Å². The molecule has 1 N–H and O–H groups in total. The van der Waals surface area contributed by atoms with Crippen molar-refractivity contribution in [3.8, 4) is 17.0 Å². The van der Waals surface area contributed by atoms with Crippen LogP contribution in [0, 0.1) is 6.07 Å². The molecule has 2 aromatic carbocycles. The van der Waals surface area contributed by atoms with E-state index < -0.39 is 0 Å². The number of hydrogen-bond acceptors (Lipinski definition) is 5. The summed E-state index contributed by atoms with van der Waals surface area (Å²) in [6, 6.07) is 18.9. The number of carbonyl (C=O) groups excluding carboxylic acids is 1. The number of para-hydroxylation sites is 1. The maximum Gasteiger partial charge on any atom is 0.255 e. The fourth-order valence-electron chi connectivity index (χ4n) is 2.47. The third kappa shape index (κ3) is 6.02. The van der Waals surface area contributed by atoms with Gasteiger partial charge < -0.3 is 19.5 Å². The molecule has 1 radical (unpaired) electrons. The Bertz CT molecular complexity index is 933. The number of ether oxygens (including phenoxy) is 3. The van der Waals surface area contributed by atoms with Crippen molar-refractivity contribution < 1.29 is 19.0 Å². The molecule has 0 atom stereocenters. The summed E-state index contributed by atoms with van der Waals surface area (Å²) < 4.78 is 15.6. The third-order valence-electron chi connectivity index (χ3n) is 3.93. The van der Waals surface area contributed by atoms with Crippen LogP contribution in [0.15, 0.2) is 60.8 Å². The van der Waals surface area contributed by atoms with Gasteiger partial charge in [0.25, 0.3) is 5.91 Å². The van der Waals surface area contributed by atoms with Gasteiger partial charge in [-0.1, -0.05) is 41.9 Å². The summed E-state index contributed by atoms with van der Waals surface area (Å²) in [5, 5.41) is 3.24. The van der Waals surface area contributed by atoms with E-state index in [-0.39, 0.29) is 12.7 Å². The molecule has 29 heavy (non-hydrogen) atoms. The molecule has 149 valence electrons. The number of nitrogens with zero attached hydrogens (tertiary/aromatic N) is 1. The molecular formula is C22H20ClN2O4. The summed E-state index contributed by atoms with van der Waals surface area (Å²) in [5.41, 5.74) is 2.53. The fraction of sp³-hybridized carbons (Fsp3) is 0.182. The molecule has 0 saturated carbocycles. The first-order valence-electron chi connectivity index (χ1n) is 8.91. The Morgan fingerprint density at radius 1 is 1.17 bits per heavy atom. The number of carbonyl (C=O) groups is 1. The average molecular weight is 412 g/mol. The smallest absolute Gasteiger partial charge is 0.255 e. The van der Waals surface area contributed by atoms with Crippen LogP contribution in [0.1, 0.15) is 10.4 Å². The van der Waals surface area contributed by atoms with Crippen molar-refractivity contribution in [3.05, 3.63) is 77.4 Å². The molecule has 0 aliphatic rings. The van der Waals surface area contributed by atoms with Crippen molar-refractivity contribution in [1.82, 2.24) is 4.98 Å². The number of amides is 1. The Labute approximate surface area is 174 Å². The number of aromatic nitrogens is 1. The van der Waals surface area contributed by atoms with Gasteiger partial charge in [0.1, 0.15) is 5.75 Å². The molecule has 0 spiro atoms. The minimum Gasteiger partial charge on any atom is -0.466 e. The standard InChI is InChI=1S/C22H20ClN2O4/c1-27-11-12-28-15-29-19-13-20(23)21(24-14-19)16-7-9-17(10-8-16)22(26)25-18-5-3-2-4-6-18/h2-5,7-10,13-14H,11-12,15H2,1H3,(H,25,26). The second kappa shape index (κ2) is 10.6. The van der Waals surface area contributed by atoms with Gasteiger partial charge in [-0.05, 0) is 18.2 Å². The Morgan fingerprint density at radius 3 is 2.69 bits per heavy atom. The predicted molar refractivity (Wildman–Crippen MR) is 111 cm³/mol. The summed E-state index contributed by atoms with van der Waals surface area (Å²) in [7, 11) is 1.60. The molecular weight excluding hydrogens is 392 g/mol. The molecule has 3 rings (SSSR count). The minimum atomic E-state index is -0.213. The maximum absolute atomic E-state index is 12.3. The molecule has 0 bridgehead atoms. The minimum absolute atomic E-state index is 0.0867. The Balaban J connectivity index is 1.62. The topological polar surface area (TPSA) is 69.7 Å². The summed E-state index contributed by atoms with van der Waals surface area (Å²) in [4.78, 5) is 16.7. The quantitative estimate of drug-likeness (QED) is 0.416. The number of benzene rings is 2. The first-order chi connectivity index (χ1) is 14.2. The van der Waals surface area contributed by atoms with Crippen LogP contribution in [0.2, 0.25) is 5.02 Å². The van der Waals surface area contributed by atoms with Crippen molar-refractivity contribution in [2.75, 3.05) is 32.4 Å². The Hall–Kier alpha value is -2.93. The molecule has 1 aromatic heterocycles. The third-order valence-corrected chi connectivity index (χ3v) is 4.22. The molecule has 0 aliphatic heterocycles. The number of methoxy groups -OCH3 is 1. The number of anilines is 1. The van der Waals surface area contributed by atoms with Crippen molar-refractivity contribution >= 4 is 23.2 Å². The number of halogens is 1. The van der Waals surface area contributed by atoms with Gasteiger partial charge in [-0.25, -0.2) is 0 Å². The largest absolute Gasteiger partial charge is 0.466 e. The first kappa shape index (κ1) is 20.8.